The fourth-order valence-electron chi connectivity index (χ4n) is 2.21. The molecule has 0 bridgehead atoms. The molecule has 0 aromatic heterocycles. The van der Waals surface area contributed by atoms with Crippen LogP contribution in [0.1, 0.15) is 19.3 Å². The maximum absolute atomic E-state index is 13.3. The molecule has 0 heterocycles. The molecule has 1 fully saturated rings. The van der Waals surface area contributed by atoms with Crippen LogP contribution in [-0.2, 0) is 0 Å². The molecule has 2 unspecified atom stereocenters. The molecule has 1 saturated carbocycles. The Hall–Kier alpha value is -1.00. The maximum atomic E-state index is 13.3. The maximum Gasteiger partial charge on any atom is 0.143 e. The van der Waals surface area contributed by atoms with E-state index in [1.807, 2.05) is 0 Å². The second-order valence-electron chi connectivity index (χ2n) is 4.49. The molecule has 0 radical (unpaired) electrons. The first-order valence-electron chi connectivity index (χ1n) is 5.74. The van der Waals surface area contributed by atoms with Crippen molar-refractivity contribution >= 4 is 23.0 Å². The van der Waals surface area contributed by atoms with E-state index in [2.05, 4.69) is 5.32 Å². The SMILES string of the molecule is Nc1cc(Cl)c(F)cc1NCC1CCCC1O. The van der Waals surface area contributed by atoms with Gasteiger partial charge in [0.15, 0.2) is 0 Å². The number of anilines is 2. The number of aliphatic hydroxyl groups excluding tert-OH is 1. The molecule has 94 valence electrons. The highest BCUT2D eigenvalue weighted by Crippen LogP contribution is 2.29. The summed E-state index contributed by atoms with van der Waals surface area (Å²) in [4.78, 5) is 0. The molecule has 0 aliphatic heterocycles. The second kappa shape index (κ2) is 5.10. The van der Waals surface area contributed by atoms with E-state index in [1.165, 1.54) is 12.1 Å². The third-order valence-corrected chi connectivity index (χ3v) is 3.56. The van der Waals surface area contributed by atoms with Gasteiger partial charge < -0.3 is 16.2 Å². The van der Waals surface area contributed by atoms with Crippen molar-refractivity contribution in [2.75, 3.05) is 17.6 Å². The molecule has 5 heteroatoms. The highest BCUT2D eigenvalue weighted by molar-refractivity contribution is 6.31. The fraction of sp³-hybridized carbons (Fsp3) is 0.500. The third kappa shape index (κ3) is 2.82. The van der Waals surface area contributed by atoms with Gasteiger partial charge in [0.2, 0.25) is 0 Å². The summed E-state index contributed by atoms with van der Waals surface area (Å²) in [5.74, 6) is -0.275. The highest BCUT2D eigenvalue weighted by atomic mass is 35.5. The van der Waals surface area contributed by atoms with Crippen molar-refractivity contribution in [1.29, 1.82) is 0 Å². The summed E-state index contributed by atoms with van der Waals surface area (Å²) in [5.41, 5.74) is 6.69. The second-order valence-corrected chi connectivity index (χ2v) is 4.90. The van der Waals surface area contributed by atoms with Crippen LogP contribution in [0, 0.1) is 11.7 Å². The molecule has 2 rings (SSSR count). The molecule has 0 amide bonds. The van der Waals surface area contributed by atoms with Crippen LogP contribution in [0.5, 0.6) is 0 Å². The standard InChI is InChI=1S/C12H16ClFN2O/c13-8-4-10(15)11(5-9(8)14)16-6-7-2-1-3-12(7)17/h4-5,7,12,16-17H,1-3,6,15H2. The normalized spacial score (nSPS) is 23.9. The zero-order chi connectivity index (χ0) is 12.4. The van der Waals surface area contributed by atoms with Gasteiger partial charge >= 0.3 is 0 Å². The number of benzene rings is 1. The van der Waals surface area contributed by atoms with Crippen LogP contribution in [0.4, 0.5) is 15.8 Å². The lowest BCUT2D eigenvalue weighted by Crippen LogP contribution is -2.22. The number of hydrogen-bond acceptors (Lipinski definition) is 3. The first-order chi connectivity index (χ1) is 8.08. The van der Waals surface area contributed by atoms with E-state index in [0.29, 0.717) is 17.9 Å². The van der Waals surface area contributed by atoms with Gasteiger partial charge in [0.25, 0.3) is 0 Å². The summed E-state index contributed by atoms with van der Waals surface area (Å²) in [6.07, 6.45) is 2.61. The van der Waals surface area contributed by atoms with Crippen LogP contribution < -0.4 is 11.1 Å². The molecular weight excluding hydrogens is 243 g/mol. The predicted octanol–water partition coefficient (Wildman–Crippen LogP) is 2.63. The number of halogens is 2. The van der Waals surface area contributed by atoms with Gasteiger partial charge in [-0.2, -0.15) is 0 Å². The van der Waals surface area contributed by atoms with E-state index in [1.54, 1.807) is 0 Å². The summed E-state index contributed by atoms with van der Waals surface area (Å²) in [6.45, 7) is 0.604. The van der Waals surface area contributed by atoms with E-state index in [0.717, 1.165) is 19.3 Å². The Balaban J connectivity index is 2.01. The molecule has 1 aromatic carbocycles. The Bertz CT molecular complexity index is 414. The number of nitrogens with two attached hydrogens (primary N) is 1. The van der Waals surface area contributed by atoms with Gasteiger partial charge in [-0.3, -0.25) is 0 Å². The van der Waals surface area contributed by atoms with Crippen LogP contribution in [-0.4, -0.2) is 17.8 Å². The number of nitrogen functional groups attached to an aromatic ring is 1. The minimum absolute atomic E-state index is 0.0222. The van der Waals surface area contributed by atoms with Gasteiger partial charge in [-0.25, -0.2) is 4.39 Å². The van der Waals surface area contributed by atoms with Crippen molar-refractivity contribution in [2.24, 2.45) is 5.92 Å². The fourth-order valence-corrected chi connectivity index (χ4v) is 2.38. The minimum atomic E-state index is -0.490. The summed E-state index contributed by atoms with van der Waals surface area (Å²) in [6, 6.07) is 2.68. The van der Waals surface area contributed by atoms with E-state index in [9.17, 15) is 9.50 Å². The van der Waals surface area contributed by atoms with Gasteiger partial charge in [-0.05, 0) is 18.9 Å². The van der Waals surface area contributed by atoms with Gasteiger partial charge in [-0.1, -0.05) is 18.0 Å². The zero-order valence-electron chi connectivity index (χ0n) is 9.42. The number of rotatable bonds is 3. The van der Waals surface area contributed by atoms with Gasteiger partial charge in [-0.15, -0.1) is 0 Å². The molecule has 3 nitrogen and oxygen atoms in total. The first-order valence-corrected chi connectivity index (χ1v) is 6.12. The summed E-state index contributed by atoms with van der Waals surface area (Å²) < 4.78 is 13.3. The molecule has 1 aliphatic rings. The summed E-state index contributed by atoms with van der Waals surface area (Å²) in [7, 11) is 0. The Labute approximate surface area is 105 Å². The molecule has 1 aromatic rings. The summed E-state index contributed by atoms with van der Waals surface area (Å²) >= 11 is 5.61. The molecular formula is C12H16ClFN2O. The predicted molar refractivity (Wildman–Crippen MR) is 67.7 cm³/mol. The number of hydrogen-bond donors (Lipinski definition) is 3. The number of aliphatic hydroxyl groups is 1. The molecule has 0 saturated heterocycles. The first kappa shape index (κ1) is 12.5. The molecule has 2 atom stereocenters. The average molecular weight is 259 g/mol. The smallest absolute Gasteiger partial charge is 0.143 e. The Morgan fingerprint density at radius 2 is 2.24 bits per heavy atom. The van der Waals surface area contributed by atoms with Crippen molar-refractivity contribution in [3.63, 3.8) is 0 Å². The van der Waals surface area contributed by atoms with Crippen LogP contribution >= 0.6 is 11.6 Å². The monoisotopic (exact) mass is 258 g/mol. The van der Waals surface area contributed by atoms with Crippen LogP contribution in [0.3, 0.4) is 0 Å². The van der Waals surface area contributed by atoms with Gasteiger partial charge in [0.05, 0.1) is 22.5 Å². The van der Waals surface area contributed by atoms with E-state index in [-0.39, 0.29) is 17.0 Å². The average Bonchev–Trinajstić information content (AvgIpc) is 2.68. The van der Waals surface area contributed by atoms with Crippen LogP contribution in [0.2, 0.25) is 5.02 Å². The van der Waals surface area contributed by atoms with Crippen molar-refractivity contribution in [3.8, 4) is 0 Å². The Morgan fingerprint density at radius 3 is 2.88 bits per heavy atom. The van der Waals surface area contributed by atoms with Gasteiger partial charge in [0, 0.05) is 18.5 Å². The molecule has 1 aliphatic carbocycles. The molecule has 0 spiro atoms. The highest BCUT2D eigenvalue weighted by Gasteiger charge is 2.24. The van der Waals surface area contributed by atoms with Crippen molar-refractivity contribution in [3.05, 3.63) is 23.0 Å². The third-order valence-electron chi connectivity index (χ3n) is 3.27. The van der Waals surface area contributed by atoms with Crippen molar-refractivity contribution in [2.45, 2.75) is 25.4 Å². The van der Waals surface area contributed by atoms with E-state index < -0.39 is 5.82 Å². The van der Waals surface area contributed by atoms with Crippen LogP contribution in [0.25, 0.3) is 0 Å². The lowest BCUT2D eigenvalue weighted by Gasteiger charge is -2.17. The molecule has 17 heavy (non-hydrogen) atoms. The van der Waals surface area contributed by atoms with E-state index >= 15 is 0 Å². The minimum Gasteiger partial charge on any atom is -0.397 e. The van der Waals surface area contributed by atoms with Crippen molar-refractivity contribution in [1.82, 2.24) is 0 Å². The Morgan fingerprint density at radius 1 is 1.47 bits per heavy atom. The van der Waals surface area contributed by atoms with Gasteiger partial charge in [0.1, 0.15) is 5.82 Å². The van der Waals surface area contributed by atoms with Crippen molar-refractivity contribution < 1.29 is 9.50 Å². The summed E-state index contributed by atoms with van der Waals surface area (Å²) in [5, 5.41) is 12.8. The lowest BCUT2D eigenvalue weighted by molar-refractivity contribution is 0.138. The van der Waals surface area contributed by atoms with E-state index in [4.69, 9.17) is 17.3 Å². The largest absolute Gasteiger partial charge is 0.397 e. The quantitative estimate of drug-likeness (QED) is 0.731. The number of nitrogens with one attached hydrogen (secondary N) is 1. The zero-order valence-corrected chi connectivity index (χ0v) is 10.2. The topological polar surface area (TPSA) is 58.3 Å². The van der Waals surface area contributed by atoms with Crippen LogP contribution in [0.15, 0.2) is 12.1 Å². The Kier molecular flexibility index (Phi) is 3.74. The molecule has 4 N–H and O–H groups in total. The lowest BCUT2D eigenvalue weighted by atomic mass is 10.1.